The number of methoxy groups -OCH3 is 1. The first kappa shape index (κ1) is 17.7. The average molecular weight is 378 g/mol. The summed E-state index contributed by atoms with van der Waals surface area (Å²) in [5, 5.41) is 10.1. The molecule has 1 aliphatic heterocycles. The maximum absolute atomic E-state index is 5.28. The minimum Gasteiger partial charge on any atom is -0.497 e. The number of hydrazone groups is 1. The van der Waals surface area contributed by atoms with Crippen LogP contribution in [0.3, 0.4) is 0 Å². The lowest BCUT2D eigenvalue weighted by Crippen LogP contribution is -2.18. The molecule has 1 aromatic heterocycles. The Bertz CT molecular complexity index is 944. The Morgan fingerprint density at radius 1 is 1.11 bits per heavy atom. The van der Waals surface area contributed by atoms with E-state index in [-0.39, 0.29) is 6.04 Å². The monoisotopic (exact) mass is 377 g/mol. The molecule has 138 valence electrons. The van der Waals surface area contributed by atoms with Gasteiger partial charge in [0.2, 0.25) is 5.13 Å². The smallest absolute Gasteiger partial charge is 0.206 e. The lowest BCUT2D eigenvalue weighted by Gasteiger charge is -2.21. The Balaban J connectivity index is 1.69. The first-order valence-corrected chi connectivity index (χ1v) is 10.1. The summed E-state index contributed by atoms with van der Waals surface area (Å²) >= 11 is 1.64. The van der Waals surface area contributed by atoms with Gasteiger partial charge >= 0.3 is 0 Å². The number of nitrogens with zero attached hydrogens (tertiary/aromatic N) is 3. The largest absolute Gasteiger partial charge is 0.497 e. The zero-order valence-electron chi connectivity index (χ0n) is 15.8. The molecule has 0 saturated heterocycles. The SMILES string of the molecule is CCc1ccc([C@@H]2CC(c3ccc(OC)cc3)=NN2c2nc(C)cs2)cc1. The summed E-state index contributed by atoms with van der Waals surface area (Å²) in [6, 6.07) is 17.2. The number of aromatic nitrogens is 1. The van der Waals surface area contributed by atoms with Crippen LogP contribution in [-0.2, 0) is 6.42 Å². The minimum atomic E-state index is 0.165. The third-order valence-corrected chi connectivity index (χ3v) is 5.86. The van der Waals surface area contributed by atoms with Crippen LogP contribution in [0.4, 0.5) is 5.13 Å². The lowest BCUT2D eigenvalue weighted by molar-refractivity contribution is 0.415. The minimum absolute atomic E-state index is 0.165. The predicted octanol–water partition coefficient (Wildman–Crippen LogP) is 5.38. The Labute approximate surface area is 164 Å². The molecule has 27 heavy (non-hydrogen) atoms. The van der Waals surface area contributed by atoms with Gasteiger partial charge in [0.1, 0.15) is 5.75 Å². The van der Waals surface area contributed by atoms with Crippen LogP contribution in [0.25, 0.3) is 0 Å². The van der Waals surface area contributed by atoms with E-state index < -0.39 is 0 Å². The maximum atomic E-state index is 5.28. The molecule has 5 heteroatoms. The molecule has 0 bridgehead atoms. The number of ether oxygens (including phenoxy) is 1. The highest BCUT2D eigenvalue weighted by Crippen LogP contribution is 2.38. The molecule has 0 aliphatic carbocycles. The van der Waals surface area contributed by atoms with E-state index in [1.54, 1.807) is 18.4 Å². The van der Waals surface area contributed by atoms with E-state index in [0.29, 0.717) is 0 Å². The summed E-state index contributed by atoms with van der Waals surface area (Å²) in [6.07, 6.45) is 1.91. The van der Waals surface area contributed by atoms with Crippen LogP contribution in [0, 0.1) is 6.92 Å². The van der Waals surface area contributed by atoms with E-state index in [2.05, 4.69) is 58.7 Å². The van der Waals surface area contributed by atoms with Gasteiger partial charge in [-0.25, -0.2) is 9.99 Å². The second-order valence-electron chi connectivity index (χ2n) is 6.71. The van der Waals surface area contributed by atoms with Crippen molar-refractivity contribution in [2.75, 3.05) is 12.1 Å². The van der Waals surface area contributed by atoms with Crippen LogP contribution in [0.15, 0.2) is 59.0 Å². The van der Waals surface area contributed by atoms with Crippen molar-refractivity contribution in [1.29, 1.82) is 0 Å². The molecule has 4 nitrogen and oxygen atoms in total. The molecule has 0 N–H and O–H groups in total. The van der Waals surface area contributed by atoms with Gasteiger partial charge < -0.3 is 4.74 Å². The van der Waals surface area contributed by atoms with Crippen molar-refractivity contribution in [3.05, 3.63) is 76.3 Å². The van der Waals surface area contributed by atoms with Crippen molar-refractivity contribution >= 4 is 22.2 Å². The van der Waals surface area contributed by atoms with Gasteiger partial charge in [0.15, 0.2) is 0 Å². The highest BCUT2D eigenvalue weighted by Gasteiger charge is 2.31. The van der Waals surface area contributed by atoms with E-state index >= 15 is 0 Å². The lowest BCUT2D eigenvalue weighted by atomic mass is 9.97. The molecule has 2 heterocycles. The molecule has 1 atom stereocenters. The molecule has 0 fully saturated rings. The van der Waals surface area contributed by atoms with Crippen molar-refractivity contribution in [1.82, 2.24) is 4.98 Å². The number of anilines is 1. The summed E-state index contributed by atoms with van der Waals surface area (Å²) < 4.78 is 5.28. The molecule has 0 unspecified atom stereocenters. The molecule has 3 aromatic rings. The van der Waals surface area contributed by atoms with Crippen LogP contribution in [0.5, 0.6) is 5.75 Å². The fourth-order valence-corrected chi connectivity index (χ4v) is 4.13. The summed E-state index contributed by atoms with van der Waals surface area (Å²) in [5.74, 6) is 0.858. The average Bonchev–Trinajstić information content (AvgIpc) is 3.34. The molecule has 4 rings (SSSR count). The van der Waals surface area contributed by atoms with Gasteiger partial charge in [0.25, 0.3) is 0 Å². The van der Waals surface area contributed by atoms with Gasteiger partial charge in [-0.3, -0.25) is 0 Å². The maximum Gasteiger partial charge on any atom is 0.206 e. The van der Waals surface area contributed by atoms with E-state index in [9.17, 15) is 0 Å². The van der Waals surface area contributed by atoms with Crippen molar-refractivity contribution in [2.45, 2.75) is 32.7 Å². The van der Waals surface area contributed by atoms with E-state index in [1.165, 1.54) is 11.1 Å². The van der Waals surface area contributed by atoms with E-state index in [1.807, 2.05) is 19.1 Å². The van der Waals surface area contributed by atoms with Gasteiger partial charge in [-0.1, -0.05) is 31.2 Å². The quantitative estimate of drug-likeness (QED) is 0.599. The summed E-state index contributed by atoms with van der Waals surface area (Å²) in [7, 11) is 1.69. The van der Waals surface area contributed by atoms with Crippen LogP contribution in [0.1, 0.15) is 41.8 Å². The number of hydrogen-bond donors (Lipinski definition) is 0. The summed E-state index contributed by atoms with van der Waals surface area (Å²) in [6.45, 7) is 4.20. The topological polar surface area (TPSA) is 37.7 Å². The van der Waals surface area contributed by atoms with Crippen LogP contribution < -0.4 is 9.75 Å². The molecule has 0 saturated carbocycles. The third kappa shape index (κ3) is 3.60. The fraction of sp³-hybridized carbons (Fsp3) is 0.273. The van der Waals surface area contributed by atoms with Gasteiger partial charge in [-0.2, -0.15) is 5.10 Å². The molecule has 0 spiro atoms. The van der Waals surface area contributed by atoms with Crippen LogP contribution in [-0.4, -0.2) is 17.8 Å². The summed E-state index contributed by atoms with van der Waals surface area (Å²) in [5.41, 5.74) is 5.86. The Morgan fingerprint density at radius 2 is 1.85 bits per heavy atom. The zero-order chi connectivity index (χ0) is 18.8. The molecular weight excluding hydrogens is 354 g/mol. The first-order valence-electron chi connectivity index (χ1n) is 9.20. The van der Waals surface area contributed by atoms with Gasteiger partial charge in [0.05, 0.1) is 24.6 Å². The normalized spacial score (nSPS) is 16.5. The Kier molecular flexibility index (Phi) is 4.94. The van der Waals surface area contributed by atoms with Gasteiger partial charge in [-0.15, -0.1) is 11.3 Å². The van der Waals surface area contributed by atoms with Crippen molar-refractivity contribution in [2.24, 2.45) is 5.10 Å². The highest BCUT2D eigenvalue weighted by molar-refractivity contribution is 7.13. The Morgan fingerprint density at radius 3 is 2.44 bits per heavy atom. The van der Waals surface area contributed by atoms with Gasteiger partial charge in [0, 0.05) is 11.8 Å². The van der Waals surface area contributed by atoms with E-state index in [0.717, 1.165) is 40.7 Å². The molecule has 1 aliphatic rings. The summed E-state index contributed by atoms with van der Waals surface area (Å²) in [4.78, 5) is 4.68. The molecule has 0 radical (unpaired) electrons. The fourth-order valence-electron chi connectivity index (χ4n) is 3.33. The molecule has 2 aromatic carbocycles. The second-order valence-corrected chi connectivity index (χ2v) is 7.54. The van der Waals surface area contributed by atoms with Crippen molar-refractivity contribution in [3.8, 4) is 5.75 Å². The number of thiazole rings is 1. The highest BCUT2D eigenvalue weighted by atomic mass is 32.1. The Hall–Kier alpha value is -2.66. The van der Waals surface area contributed by atoms with Crippen LogP contribution >= 0.6 is 11.3 Å². The number of hydrogen-bond acceptors (Lipinski definition) is 5. The third-order valence-electron chi connectivity index (χ3n) is 4.91. The number of aryl methyl sites for hydroxylation is 2. The molecule has 0 amide bonds. The van der Waals surface area contributed by atoms with Gasteiger partial charge in [-0.05, 0) is 54.3 Å². The predicted molar refractivity (Wildman–Crippen MR) is 112 cm³/mol. The second kappa shape index (κ2) is 7.53. The van der Waals surface area contributed by atoms with E-state index in [4.69, 9.17) is 9.84 Å². The zero-order valence-corrected chi connectivity index (χ0v) is 16.7. The van der Waals surface area contributed by atoms with Crippen molar-refractivity contribution in [3.63, 3.8) is 0 Å². The van der Waals surface area contributed by atoms with Crippen LogP contribution in [0.2, 0.25) is 0 Å². The number of benzene rings is 2. The first-order chi connectivity index (χ1) is 13.2. The standard InChI is InChI=1S/C22H23N3OS/c1-4-16-5-7-18(8-6-16)21-13-20(17-9-11-19(26-3)12-10-17)24-25(21)22-23-15(2)14-27-22/h5-12,14,21H,4,13H2,1-3H3/t21-/m0/s1. The molecular formula is C22H23N3OS. The van der Waals surface area contributed by atoms with Crippen molar-refractivity contribution < 1.29 is 4.74 Å². The number of rotatable bonds is 5.